The highest BCUT2D eigenvalue weighted by Crippen LogP contribution is 2.28. The molecule has 0 fully saturated rings. The molecular weight excluding hydrogens is 279 g/mol. The second-order valence-electron chi connectivity index (χ2n) is 4.06. The van der Waals surface area contributed by atoms with E-state index in [1.54, 1.807) is 0 Å². The number of nitrogens with two attached hydrogens (primary N) is 3. The van der Waals surface area contributed by atoms with Crippen molar-refractivity contribution >= 4 is 17.5 Å². The molecule has 1 aromatic heterocycles. The molecule has 0 atom stereocenters. The average Bonchev–Trinajstić information content (AvgIpc) is 2.40. The van der Waals surface area contributed by atoms with Gasteiger partial charge in [0.25, 0.3) is 11.8 Å². The summed E-state index contributed by atoms with van der Waals surface area (Å²) < 4.78 is 18.9. The zero-order chi connectivity index (χ0) is 15.6. The van der Waals surface area contributed by atoms with Gasteiger partial charge in [0, 0.05) is 0 Å². The van der Waals surface area contributed by atoms with Crippen LogP contribution in [-0.2, 0) is 0 Å². The van der Waals surface area contributed by atoms with Crippen molar-refractivity contribution in [2.75, 3.05) is 5.73 Å². The lowest BCUT2D eigenvalue weighted by molar-refractivity contribution is 0.0990. The van der Waals surface area contributed by atoms with Gasteiger partial charge in [-0.2, -0.15) is 0 Å². The van der Waals surface area contributed by atoms with Gasteiger partial charge >= 0.3 is 0 Å². The fourth-order valence-corrected chi connectivity index (χ4v) is 1.66. The summed E-state index contributed by atoms with van der Waals surface area (Å²) in [6.07, 6.45) is 1.23. The number of primary amides is 2. The lowest BCUT2D eigenvalue weighted by Gasteiger charge is -2.11. The first kappa shape index (κ1) is 14.3. The van der Waals surface area contributed by atoms with Crippen molar-refractivity contribution in [3.8, 4) is 11.6 Å². The van der Waals surface area contributed by atoms with E-state index in [4.69, 9.17) is 21.9 Å². The summed E-state index contributed by atoms with van der Waals surface area (Å²) in [6.45, 7) is 0. The standard InChI is InChI=1S/C13H11FN4O3/c14-8-2-1-3-9(10(8)12(17)20)21-13-7(11(16)19)4-6(15)5-18-13/h1-5H,15H2,(H2,16,19)(H2,17,20). The van der Waals surface area contributed by atoms with Crippen LogP contribution in [0, 0.1) is 5.82 Å². The third-order valence-corrected chi connectivity index (χ3v) is 2.57. The molecule has 0 saturated heterocycles. The van der Waals surface area contributed by atoms with E-state index in [1.807, 2.05) is 0 Å². The van der Waals surface area contributed by atoms with Gasteiger partial charge in [0.2, 0.25) is 5.88 Å². The minimum Gasteiger partial charge on any atom is -0.437 e. The predicted molar refractivity (Wildman–Crippen MR) is 72.2 cm³/mol. The molecule has 0 bridgehead atoms. The Balaban J connectivity index is 2.51. The first-order valence-corrected chi connectivity index (χ1v) is 5.71. The second-order valence-corrected chi connectivity index (χ2v) is 4.06. The van der Waals surface area contributed by atoms with Gasteiger partial charge < -0.3 is 21.9 Å². The van der Waals surface area contributed by atoms with Crippen molar-refractivity contribution in [1.29, 1.82) is 0 Å². The molecule has 2 amide bonds. The molecule has 0 saturated carbocycles. The summed E-state index contributed by atoms with van der Waals surface area (Å²) >= 11 is 0. The van der Waals surface area contributed by atoms with Gasteiger partial charge in [0.1, 0.15) is 22.7 Å². The second kappa shape index (κ2) is 5.45. The highest BCUT2D eigenvalue weighted by Gasteiger charge is 2.19. The van der Waals surface area contributed by atoms with Crippen LogP contribution in [0.2, 0.25) is 0 Å². The maximum absolute atomic E-state index is 13.6. The van der Waals surface area contributed by atoms with Crippen LogP contribution in [-0.4, -0.2) is 16.8 Å². The molecule has 0 aliphatic heterocycles. The Morgan fingerprint density at radius 1 is 1.19 bits per heavy atom. The number of benzene rings is 1. The molecule has 0 aliphatic rings. The highest BCUT2D eigenvalue weighted by molar-refractivity contribution is 5.97. The van der Waals surface area contributed by atoms with Crippen molar-refractivity contribution in [3.63, 3.8) is 0 Å². The lowest BCUT2D eigenvalue weighted by atomic mass is 10.1. The third-order valence-electron chi connectivity index (χ3n) is 2.57. The van der Waals surface area contributed by atoms with Crippen LogP contribution in [0.25, 0.3) is 0 Å². The summed E-state index contributed by atoms with van der Waals surface area (Å²) in [5, 5.41) is 0. The van der Waals surface area contributed by atoms with Gasteiger partial charge in [0.15, 0.2) is 0 Å². The van der Waals surface area contributed by atoms with E-state index >= 15 is 0 Å². The van der Waals surface area contributed by atoms with E-state index in [9.17, 15) is 14.0 Å². The number of rotatable bonds is 4. The topological polar surface area (TPSA) is 134 Å². The van der Waals surface area contributed by atoms with E-state index in [2.05, 4.69) is 4.98 Å². The van der Waals surface area contributed by atoms with Gasteiger partial charge in [-0.25, -0.2) is 9.37 Å². The van der Waals surface area contributed by atoms with E-state index in [1.165, 1.54) is 24.4 Å². The Morgan fingerprint density at radius 2 is 1.90 bits per heavy atom. The van der Waals surface area contributed by atoms with Crippen LogP contribution >= 0.6 is 0 Å². The predicted octanol–water partition coefficient (Wildman–Crippen LogP) is 0.793. The molecule has 1 aromatic carbocycles. The molecule has 0 radical (unpaired) electrons. The monoisotopic (exact) mass is 290 g/mol. The van der Waals surface area contributed by atoms with E-state index in [0.29, 0.717) is 0 Å². The number of nitrogen functional groups attached to an aromatic ring is 1. The molecule has 0 aliphatic carbocycles. The summed E-state index contributed by atoms with van der Waals surface area (Å²) in [5.41, 5.74) is 15.4. The number of pyridine rings is 1. The van der Waals surface area contributed by atoms with Crippen LogP contribution in [0.4, 0.5) is 10.1 Å². The molecule has 6 N–H and O–H groups in total. The van der Waals surface area contributed by atoms with Crippen LogP contribution in [0.5, 0.6) is 11.6 Å². The van der Waals surface area contributed by atoms with E-state index in [0.717, 1.165) is 6.07 Å². The summed E-state index contributed by atoms with van der Waals surface area (Å²) in [4.78, 5) is 26.4. The number of carbonyl (C=O) groups is 2. The highest BCUT2D eigenvalue weighted by atomic mass is 19.1. The number of amides is 2. The number of aromatic nitrogens is 1. The van der Waals surface area contributed by atoms with Crippen LogP contribution in [0.15, 0.2) is 30.5 Å². The Hall–Kier alpha value is -3.16. The molecule has 108 valence electrons. The van der Waals surface area contributed by atoms with Gasteiger partial charge in [0.05, 0.1) is 11.9 Å². The molecule has 7 nitrogen and oxygen atoms in total. The average molecular weight is 290 g/mol. The van der Waals surface area contributed by atoms with Crippen molar-refractivity contribution in [2.24, 2.45) is 11.5 Å². The fraction of sp³-hybridized carbons (Fsp3) is 0. The molecule has 1 heterocycles. The Kier molecular flexibility index (Phi) is 3.70. The number of hydrogen-bond donors (Lipinski definition) is 3. The number of halogens is 1. The minimum atomic E-state index is -1.01. The third kappa shape index (κ3) is 2.89. The van der Waals surface area contributed by atoms with Crippen LogP contribution in [0.1, 0.15) is 20.7 Å². The smallest absolute Gasteiger partial charge is 0.255 e. The van der Waals surface area contributed by atoms with E-state index in [-0.39, 0.29) is 22.9 Å². The van der Waals surface area contributed by atoms with Crippen molar-refractivity contribution in [3.05, 3.63) is 47.4 Å². The lowest BCUT2D eigenvalue weighted by Crippen LogP contribution is -2.16. The van der Waals surface area contributed by atoms with E-state index < -0.39 is 23.2 Å². The first-order chi connectivity index (χ1) is 9.90. The Bertz CT molecular complexity index is 733. The van der Waals surface area contributed by atoms with Crippen molar-refractivity contribution < 1.29 is 18.7 Å². The fourth-order valence-electron chi connectivity index (χ4n) is 1.66. The zero-order valence-electron chi connectivity index (χ0n) is 10.7. The van der Waals surface area contributed by atoms with Crippen LogP contribution in [0.3, 0.4) is 0 Å². The molecule has 2 aromatic rings. The van der Waals surface area contributed by atoms with Gasteiger partial charge in [-0.05, 0) is 18.2 Å². The van der Waals surface area contributed by atoms with Crippen LogP contribution < -0.4 is 21.9 Å². The number of nitrogens with zero attached hydrogens (tertiary/aromatic N) is 1. The number of anilines is 1. The quantitative estimate of drug-likeness (QED) is 0.765. The van der Waals surface area contributed by atoms with Gasteiger partial charge in [-0.15, -0.1) is 0 Å². The van der Waals surface area contributed by atoms with Gasteiger partial charge in [-0.3, -0.25) is 9.59 Å². The number of carbonyl (C=O) groups excluding carboxylic acids is 2. The Morgan fingerprint density at radius 3 is 2.52 bits per heavy atom. The SMILES string of the molecule is NC(=O)c1cc(N)cnc1Oc1cccc(F)c1C(N)=O. The summed E-state index contributed by atoms with van der Waals surface area (Å²) in [5.74, 6) is -3.08. The van der Waals surface area contributed by atoms with Crippen molar-refractivity contribution in [1.82, 2.24) is 4.98 Å². The molecule has 8 heteroatoms. The minimum absolute atomic E-state index is 0.102. The molecule has 0 spiro atoms. The van der Waals surface area contributed by atoms with Crippen molar-refractivity contribution in [2.45, 2.75) is 0 Å². The first-order valence-electron chi connectivity index (χ1n) is 5.71. The van der Waals surface area contributed by atoms with Gasteiger partial charge in [-0.1, -0.05) is 6.07 Å². The summed E-state index contributed by atoms with van der Waals surface area (Å²) in [6, 6.07) is 4.94. The zero-order valence-corrected chi connectivity index (χ0v) is 10.7. The molecule has 2 rings (SSSR count). The normalized spacial score (nSPS) is 10.1. The molecule has 0 unspecified atom stereocenters. The molecular formula is C13H11FN4O3. The number of ether oxygens (including phenoxy) is 1. The maximum Gasteiger partial charge on any atom is 0.255 e. The maximum atomic E-state index is 13.6. The Labute approximate surface area is 118 Å². The number of hydrogen-bond acceptors (Lipinski definition) is 5. The summed E-state index contributed by atoms with van der Waals surface area (Å²) in [7, 11) is 0. The molecule has 21 heavy (non-hydrogen) atoms. The largest absolute Gasteiger partial charge is 0.437 e.